The van der Waals surface area contributed by atoms with E-state index in [0.717, 1.165) is 50.1 Å². The predicted molar refractivity (Wildman–Crippen MR) is 255 cm³/mol. The van der Waals surface area contributed by atoms with E-state index in [2.05, 4.69) is 229 Å². The van der Waals surface area contributed by atoms with Crippen molar-refractivity contribution in [2.45, 2.75) is 0 Å². The lowest BCUT2D eigenvalue weighted by atomic mass is 9.95. The minimum absolute atomic E-state index is 0.889. The summed E-state index contributed by atoms with van der Waals surface area (Å²) in [4.78, 5) is 2.41. The largest absolute Gasteiger partial charge is 0.456 e. The average Bonchev–Trinajstić information content (AvgIpc) is 3.67. The van der Waals surface area contributed by atoms with Crippen molar-refractivity contribution >= 4 is 82.1 Å². The zero-order chi connectivity index (χ0) is 39.6. The summed E-state index contributed by atoms with van der Waals surface area (Å²) in [5.41, 5.74) is 12.1. The Hall–Kier alpha value is -7.94. The molecule has 0 aliphatic carbocycles. The zero-order valence-corrected chi connectivity index (χ0v) is 32.7. The highest BCUT2D eigenvalue weighted by atomic mass is 16.3. The number of hydrogen-bond acceptors (Lipinski definition) is 2. The maximum atomic E-state index is 6.43. The number of fused-ring (bicyclic) bond motifs is 8. The van der Waals surface area contributed by atoms with Gasteiger partial charge >= 0.3 is 0 Å². The second kappa shape index (κ2) is 13.9. The van der Waals surface area contributed by atoms with E-state index in [1.807, 2.05) is 0 Å². The van der Waals surface area contributed by atoms with Gasteiger partial charge in [0.15, 0.2) is 0 Å². The molecule has 0 radical (unpaired) electrons. The Bertz CT molecular complexity index is 3610. The van der Waals surface area contributed by atoms with Crippen molar-refractivity contribution in [2.24, 2.45) is 0 Å². The molecule has 0 saturated carbocycles. The molecule has 0 aliphatic heterocycles. The smallest absolute Gasteiger partial charge is 0.136 e. The second-order valence-electron chi connectivity index (χ2n) is 15.7. The fourth-order valence-corrected chi connectivity index (χ4v) is 9.26. The quantitative estimate of drug-likeness (QED) is 0.157. The summed E-state index contributed by atoms with van der Waals surface area (Å²) >= 11 is 0. The number of para-hydroxylation sites is 1. The van der Waals surface area contributed by atoms with Gasteiger partial charge in [0, 0.05) is 27.7 Å². The van der Waals surface area contributed by atoms with Gasteiger partial charge in [-0.05, 0) is 132 Å². The maximum Gasteiger partial charge on any atom is 0.136 e. The van der Waals surface area contributed by atoms with E-state index < -0.39 is 0 Å². The topological polar surface area (TPSA) is 16.4 Å². The Kier molecular flexibility index (Phi) is 7.89. The van der Waals surface area contributed by atoms with Crippen LogP contribution in [0.1, 0.15) is 0 Å². The van der Waals surface area contributed by atoms with Crippen molar-refractivity contribution in [3.63, 3.8) is 0 Å². The Balaban J connectivity index is 0.999. The van der Waals surface area contributed by atoms with Crippen LogP contribution < -0.4 is 4.90 Å². The van der Waals surface area contributed by atoms with Crippen LogP contribution in [0.5, 0.6) is 0 Å². The van der Waals surface area contributed by atoms with Gasteiger partial charge in [-0.1, -0.05) is 164 Å². The van der Waals surface area contributed by atoms with E-state index in [4.69, 9.17) is 4.42 Å². The lowest BCUT2D eigenvalue weighted by Gasteiger charge is -2.28. The van der Waals surface area contributed by atoms with Gasteiger partial charge in [-0.2, -0.15) is 0 Å². The minimum Gasteiger partial charge on any atom is -0.456 e. The van der Waals surface area contributed by atoms with Gasteiger partial charge in [0.05, 0.1) is 5.69 Å². The molecule has 2 heteroatoms. The summed E-state index contributed by atoms with van der Waals surface area (Å²) in [5, 5.41) is 12.1. The van der Waals surface area contributed by atoms with Crippen LogP contribution in [0.2, 0.25) is 0 Å². The molecule has 0 saturated heterocycles. The lowest BCUT2D eigenvalue weighted by Crippen LogP contribution is -2.11. The Labute approximate surface area is 347 Å². The highest BCUT2D eigenvalue weighted by molar-refractivity contribution is 6.12. The van der Waals surface area contributed by atoms with E-state index in [1.165, 1.54) is 65.3 Å². The fraction of sp³-hybridized carbons (Fsp3) is 0. The minimum atomic E-state index is 0.889. The molecule has 1 aromatic heterocycles. The molecule has 11 aromatic carbocycles. The third-order valence-corrected chi connectivity index (χ3v) is 12.2. The third-order valence-electron chi connectivity index (χ3n) is 12.2. The standard InChI is InChI=1S/C58H37NO/c1-2-14-43-37-58-55(35-42(43)13-1)54-36-46(27-32-57(54)60-58)53-20-7-8-22-56(53)59(48-30-31-52-45(34-48)24-23-40-12-4-6-19-50(40)52)47-28-25-38(26-29-47)41-16-9-17-44(33-41)51-21-10-15-39-11-3-5-18-49(39)51/h1-37H. The first-order chi connectivity index (χ1) is 29.7. The molecule has 12 rings (SSSR count). The second-order valence-corrected chi connectivity index (χ2v) is 15.7. The molecular formula is C58H37NO. The van der Waals surface area contributed by atoms with Crippen LogP contribution in [0.25, 0.3) is 98.4 Å². The molecule has 12 aromatic rings. The Morgan fingerprint density at radius 3 is 1.72 bits per heavy atom. The van der Waals surface area contributed by atoms with Gasteiger partial charge in [-0.3, -0.25) is 0 Å². The van der Waals surface area contributed by atoms with E-state index in [-0.39, 0.29) is 0 Å². The van der Waals surface area contributed by atoms with Crippen LogP contribution in [0.4, 0.5) is 17.1 Å². The number of anilines is 3. The van der Waals surface area contributed by atoms with Gasteiger partial charge in [0.2, 0.25) is 0 Å². The predicted octanol–water partition coefficient (Wildman–Crippen LogP) is 16.7. The fourth-order valence-electron chi connectivity index (χ4n) is 9.26. The molecule has 1 heterocycles. The molecule has 0 amide bonds. The van der Waals surface area contributed by atoms with Gasteiger partial charge in [0.25, 0.3) is 0 Å². The summed E-state index contributed by atoms with van der Waals surface area (Å²) in [6.07, 6.45) is 0. The van der Waals surface area contributed by atoms with Crippen LogP contribution in [0.15, 0.2) is 229 Å². The maximum absolute atomic E-state index is 6.43. The van der Waals surface area contributed by atoms with Crippen LogP contribution in [0, 0.1) is 0 Å². The highest BCUT2D eigenvalue weighted by Crippen LogP contribution is 2.44. The van der Waals surface area contributed by atoms with Crippen molar-refractivity contribution in [3.05, 3.63) is 224 Å². The Morgan fingerprint density at radius 2 is 0.850 bits per heavy atom. The van der Waals surface area contributed by atoms with E-state index in [9.17, 15) is 0 Å². The first-order valence-corrected chi connectivity index (χ1v) is 20.6. The summed E-state index contributed by atoms with van der Waals surface area (Å²) in [7, 11) is 0. The molecule has 280 valence electrons. The van der Waals surface area contributed by atoms with E-state index in [0.29, 0.717) is 0 Å². The monoisotopic (exact) mass is 763 g/mol. The van der Waals surface area contributed by atoms with Crippen molar-refractivity contribution in [1.29, 1.82) is 0 Å². The van der Waals surface area contributed by atoms with Crippen molar-refractivity contribution in [2.75, 3.05) is 4.90 Å². The molecule has 2 nitrogen and oxygen atoms in total. The summed E-state index contributed by atoms with van der Waals surface area (Å²) in [5.74, 6) is 0. The number of nitrogens with zero attached hydrogens (tertiary/aromatic N) is 1. The van der Waals surface area contributed by atoms with Gasteiger partial charge in [-0.25, -0.2) is 0 Å². The summed E-state index contributed by atoms with van der Waals surface area (Å²) in [6, 6.07) is 81.4. The van der Waals surface area contributed by atoms with Gasteiger partial charge < -0.3 is 9.32 Å². The average molecular weight is 764 g/mol. The SMILES string of the molecule is c1cc(-c2ccc(N(c3ccc4c(ccc5ccccc54)c3)c3ccccc3-c3ccc4oc5cc6ccccc6cc5c4c3)cc2)cc(-c2cccc3ccccc23)c1. The highest BCUT2D eigenvalue weighted by Gasteiger charge is 2.19. The molecule has 0 bridgehead atoms. The normalized spacial score (nSPS) is 11.7. The Morgan fingerprint density at radius 1 is 0.267 bits per heavy atom. The van der Waals surface area contributed by atoms with Crippen molar-refractivity contribution < 1.29 is 4.42 Å². The molecule has 0 unspecified atom stereocenters. The van der Waals surface area contributed by atoms with Crippen LogP contribution in [0.3, 0.4) is 0 Å². The molecule has 0 atom stereocenters. The molecule has 60 heavy (non-hydrogen) atoms. The van der Waals surface area contributed by atoms with Crippen LogP contribution in [-0.2, 0) is 0 Å². The lowest BCUT2D eigenvalue weighted by molar-refractivity contribution is 0.669. The van der Waals surface area contributed by atoms with Gasteiger partial charge in [-0.15, -0.1) is 0 Å². The first-order valence-electron chi connectivity index (χ1n) is 20.6. The van der Waals surface area contributed by atoms with Crippen LogP contribution in [-0.4, -0.2) is 0 Å². The van der Waals surface area contributed by atoms with Crippen LogP contribution >= 0.6 is 0 Å². The first kappa shape index (κ1) is 34.1. The number of rotatable bonds is 6. The van der Waals surface area contributed by atoms with E-state index >= 15 is 0 Å². The summed E-state index contributed by atoms with van der Waals surface area (Å²) < 4.78 is 6.43. The number of furan rings is 1. The molecule has 0 fully saturated rings. The molecule has 0 N–H and O–H groups in total. The van der Waals surface area contributed by atoms with E-state index in [1.54, 1.807) is 0 Å². The molecule has 0 spiro atoms. The molecular weight excluding hydrogens is 727 g/mol. The third kappa shape index (κ3) is 5.73. The van der Waals surface area contributed by atoms with Gasteiger partial charge in [0.1, 0.15) is 11.2 Å². The zero-order valence-electron chi connectivity index (χ0n) is 32.7. The van der Waals surface area contributed by atoms with Crippen molar-refractivity contribution in [3.8, 4) is 33.4 Å². The molecule has 0 aliphatic rings. The number of benzene rings is 11. The number of hydrogen-bond donors (Lipinski definition) is 0. The van der Waals surface area contributed by atoms with Crippen molar-refractivity contribution in [1.82, 2.24) is 0 Å². The summed E-state index contributed by atoms with van der Waals surface area (Å²) in [6.45, 7) is 0.